The van der Waals surface area contributed by atoms with Crippen molar-refractivity contribution in [3.63, 3.8) is 0 Å². The first kappa shape index (κ1) is 46.2. The zero-order chi connectivity index (χ0) is 42.9. The van der Waals surface area contributed by atoms with E-state index >= 15 is 0 Å². The highest BCUT2D eigenvalue weighted by molar-refractivity contribution is 8.00. The standard InChI is InChI=1S/C39H40ClF8N7OS2/c1-6-13-58-54-37-33-27(40)10-9-26(35(33)55(53-37)20-31(43)44)25-8-7-24(11-12-38(2,3)57-5)51-34(25)29(16-21-14-22(41)17-23(42)15-21)52-32(56)19-50-30(39(4,47)48)18-28(49)36(45)46/h7-10,14-15,17-18,29,31,36H,6,13,16,19-20,49H2,1-5H3,(H,52,56)(H,53,54). The molecule has 0 aliphatic rings. The van der Waals surface area contributed by atoms with Gasteiger partial charge in [-0.2, -0.15) is 13.9 Å². The first-order chi connectivity index (χ1) is 27.2. The van der Waals surface area contributed by atoms with Crippen LogP contribution in [0.15, 0.2) is 59.2 Å². The second-order valence-electron chi connectivity index (χ2n) is 13.4. The summed E-state index contributed by atoms with van der Waals surface area (Å²) in [5.74, 6) is 0.278. The van der Waals surface area contributed by atoms with Crippen LogP contribution in [0.3, 0.4) is 0 Å². The lowest BCUT2D eigenvalue weighted by Gasteiger charge is -2.23. The van der Waals surface area contributed by atoms with Crippen molar-refractivity contribution in [1.29, 1.82) is 0 Å². The molecule has 312 valence electrons. The number of fused-ring (bicyclic) bond motifs is 1. The molecule has 0 aliphatic carbocycles. The number of alkyl halides is 6. The molecule has 1 amide bonds. The van der Waals surface area contributed by atoms with Crippen molar-refractivity contribution in [2.45, 2.75) is 76.6 Å². The average molecular weight is 874 g/mol. The van der Waals surface area contributed by atoms with E-state index in [1.54, 1.807) is 18.2 Å². The van der Waals surface area contributed by atoms with Crippen LogP contribution >= 0.6 is 35.3 Å². The van der Waals surface area contributed by atoms with Crippen LogP contribution in [0.2, 0.25) is 5.02 Å². The lowest BCUT2D eigenvalue weighted by Crippen LogP contribution is -2.34. The van der Waals surface area contributed by atoms with Crippen LogP contribution < -0.4 is 15.8 Å². The summed E-state index contributed by atoms with van der Waals surface area (Å²) < 4.78 is 116. The number of allylic oxidation sites excluding steroid dienone is 2. The Bertz CT molecular complexity index is 2210. The highest BCUT2D eigenvalue weighted by Gasteiger charge is 2.30. The van der Waals surface area contributed by atoms with Crippen molar-refractivity contribution in [1.82, 2.24) is 20.1 Å². The third-order valence-corrected chi connectivity index (χ3v) is 10.7. The fraction of sp³-hybridized carbons (Fsp3) is 0.385. The van der Waals surface area contributed by atoms with Crippen LogP contribution in [-0.2, 0) is 17.8 Å². The minimum atomic E-state index is -3.78. The molecule has 0 radical (unpaired) electrons. The highest BCUT2D eigenvalue weighted by Crippen LogP contribution is 2.41. The van der Waals surface area contributed by atoms with E-state index in [2.05, 4.69) is 32.0 Å². The topological polar surface area (TPSA) is 110 Å². The molecule has 4 aromatic rings. The van der Waals surface area contributed by atoms with Crippen LogP contribution in [-0.4, -0.2) is 68.5 Å². The van der Waals surface area contributed by atoms with Crippen LogP contribution in [0.25, 0.3) is 22.0 Å². The minimum absolute atomic E-state index is 0.0296. The van der Waals surface area contributed by atoms with Crippen molar-refractivity contribution >= 4 is 63.7 Å². The third-order valence-electron chi connectivity index (χ3n) is 8.27. The Hall–Kier alpha value is -4.47. The maximum absolute atomic E-state index is 14.5. The van der Waals surface area contributed by atoms with Gasteiger partial charge in [-0.05, 0) is 80.8 Å². The van der Waals surface area contributed by atoms with Crippen molar-refractivity contribution in [2.24, 2.45) is 10.7 Å². The Balaban J connectivity index is 2.01. The summed E-state index contributed by atoms with van der Waals surface area (Å²) in [6.07, 6.45) is -3.54. The molecule has 1 unspecified atom stereocenters. The van der Waals surface area contributed by atoms with E-state index in [0.29, 0.717) is 24.1 Å². The number of nitrogens with two attached hydrogens (primary N) is 1. The number of thioether (sulfide) groups is 1. The van der Waals surface area contributed by atoms with E-state index in [0.717, 1.165) is 23.2 Å². The summed E-state index contributed by atoms with van der Waals surface area (Å²) in [6.45, 7) is 4.23. The molecule has 4 N–H and O–H groups in total. The summed E-state index contributed by atoms with van der Waals surface area (Å²) in [5.41, 5.74) is 3.74. The van der Waals surface area contributed by atoms with Crippen LogP contribution in [0.5, 0.6) is 0 Å². The van der Waals surface area contributed by atoms with Gasteiger partial charge in [0.05, 0.1) is 38.1 Å². The number of carbonyl (C=O) groups excluding carboxylic acids is 1. The van der Waals surface area contributed by atoms with E-state index in [9.17, 15) is 39.9 Å². The molecule has 58 heavy (non-hydrogen) atoms. The monoisotopic (exact) mass is 873 g/mol. The van der Waals surface area contributed by atoms with Crippen molar-refractivity contribution in [3.8, 4) is 23.0 Å². The number of hydrogen-bond donors (Lipinski definition) is 3. The van der Waals surface area contributed by atoms with Gasteiger partial charge in [-0.15, -0.1) is 11.8 Å². The molecule has 2 aromatic carbocycles. The zero-order valence-electron chi connectivity index (χ0n) is 31.9. The molecule has 4 rings (SSSR count). The Kier molecular flexibility index (Phi) is 15.9. The number of nitrogens with one attached hydrogen (secondary N) is 2. The molecule has 8 nitrogen and oxygen atoms in total. The predicted octanol–water partition coefficient (Wildman–Crippen LogP) is 9.86. The van der Waals surface area contributed by atoms with Crippen molar-refractivity contribution in [2.75, 3.05) is 23.3 Å². The normalized spacial score (nSPS) is 13.2. The number of rotatable bonds is 17. The van der Waals surface area contributed by atoms with Gasteiger partial charge in [0.25, 0.3) is 18.8 Å². The summed E-state index contributed by atoms with van der Waals surface area (Å²) in [6, 6.07) is 7.56. The number of amides is 1. The molecule has 0 aliphatic heterocycles. The molecule has 0 spiro atoms. The molecule has 19 heteroatoms. The molecular weight excluding hydrogens is 834 g/mol. The van der Waals surface area contributed by atoms with E-state index in [1.165, 1.54) is 29.8 Å². The Labute approximate surface area is 344 Å². The number of aliphatic imine (C=N–C) groups is 1. The van der Waals surface area contributed by atoms with Gasteiger partial charge in [-0.1, -0.05) is 42.5 Å². The second-order valence-corrected chi connectivity index (χ2v) is 16.2. The highest BCUT2D eigenvalue weighted by atomic mass is 35.5. The lowest BCUT2D eigenvalue weighted by atomic mass is 9.93. The van der Waals surface area contributed by atoms with E-state index < -0.39 is 71.6 Å². The molecule has 0 saturated heterocycles. The quantitative estimate of drug-likeness (QED) is 0.0319. The SMILES string of the molecule is CCCSNc1nn(CC(F)F)c2c(-c3ccc(C#CC(C)(C)SC)nc3C(Cc3cc(F)cc(F)c3)NC(=O)CN=C(C=C(N)C(F)F)C(C)(F)F)ccc(Cl)c12. The number of halogens is 9. The first-order valence-electron chi connectivity index (χ1n) is 17.6. The minimum Gasteiger partial charge on any atom is -0.397 e. The maximum atomic E-state index is 14.5. The number of hydrogen-bond acceptors (Lipinski definition) is 8. The van der Waals surface area contributed by atoms with Crippen LogP contribution in [0, 0.1) is 23.5 Å². The number of nitrogens with zero attached hydrogens (tertiary/aromatic N) is 4. The average Bonchev–Trinajstić information content (AvgIpc) is 3.49. The van der Waals surface area contributed by atoms with Crippen LogP contribution in [0.1, 0.15) is 57.1 Å². The van der Waals surface area contributed by atoms with Gasteiger partial charge >= 0.3 is 0 Å². The fourth-order valence-electron chi connectivity index (χ4n) is 5.47. The lowest BCUT2D eigenvalue weighted by molar-refractivity contribution is -0.120. The first-order valence-corrected chi connectivity index (χ1v) is 20.2. The van der Waals surface area contributed by atoms with Gasteiger partial charge in [0, 0.05) is 29.9 Å². The van der Waals surface area contributed by atoms with Gasteiger partial charge < -0.3 is 15.8 Å². The summed E-state index contributed by atoms with van der Waals surface area (Å²) in [5, 5.41) is 7.53. The van der Waals surface area contributed by atoms with E-state index in [-0.39, 0.29) is 56.9 Å². The number of benzene rings is 2. The molecule has 0 saturated carbocycles. The largest absolute Gasteiger partial charge is 0.397 e. The third kappa shape index (κ3) is 12.5. The smallest absolute Gasteiger partial charge is 0.286 e. The zero-order valence-corrected chi connectivity index (χ0v) is 34.3. The maximum Gasteiger partial charge on any atom is 0.286 e. The summed E-state index contributed by atoms with van der Waals surface area (Å²) >= 11 is 9.44. The Morgan fingerprint density at radius 3 is 2.34 bits per heavy atom. The van der Waals surface area contributed by atoms with Gasteiger partial charge in [0.15, 0.2) is 5.82 Å². The van der Waals surface area contributed by atoms with Crippen molar-refractivity contribution in [3.05, 3.63) is 87.8 Å². The van der Waals surface area contributed by atoms with E-state index in [1.807, 2.05) is 27.0 Å². The van der Waals surface area contributed by atoms with Gasteiger partial charge in [-0.25, -0.2) is 31.3 Å². The Morgan fingerprint density at radius 2 is 1.74 bits per heavy atom. The number of anilines is 1. The van der Waals surface area contributed by atoms with Crippen LogP contribution in [0.4, 0.5) is 40.9 Å². The number of pyridine rings is 1. The van der Waals surface area contributed by atoms with Crippen molar-refractivity contribution < 1.29 is 39.9 Å². The van der Waals surface area contributed by atoms with Gasteiger partial charge in [-0.3, -0.25) is 14.5 Å². The molecule has 0 fully saturated rings. The summed E-state index contributed by atoms with van der Waals surface area (Å²) in [7, 11) is 0. The predicted molar refractivity (Wildman–Crippen MR) is 217 cm³/mol. The molecule has 2 aromatic heterocycles. The van der Waals surface area contributed by atoms with Gasteiger partial charge in [0.1, 0.15) is 36.1 Å². The Morgan fingerprint density at radius 1 is 1.07 bits per heavy atom. The molecular formula is C39H40ClF8N7OS2. The van der Waals surface area contributed by atoms with E-state index in [4.69, 9.17) is 22.3 Å². The molecule has 2 heterocycles. The second kappa shape index (κ2) is 20.0. The molecule has 1 atom stereocenters. The summed E-state index contributed by atoms with van der Waals surface area (Å²) in [4.78, 5) is 22.0. The molecule has 0 bridgehead atoms. The number of aromatic nitrogens is 3. The fourth-order valence-corrected chi connectivity index (χ4v) is 6.45. The number of carbonyl (C=O) groups is 1. The van der Waals surface area contributed by atoms with Gasteiger partial charge in [0.2, 0.25) is 5.91 Å².